The van der Waals surface area contributed by atoms with Crippen molar-refractivity contribution in [2.24, 2.45) is 0 Å². The summed E-state index contributed by atoms with van der Waals surface area (Å²) in [6.45, 7) is 0. The van der Waals surface area contributed by atoms with E-state index in [9.17, 15) is 0 Å². The van der Waals surface area contributed by atoms with E-state index in [0.29, 0.717) is 39.3 Å². The van der Waals surface area contributed by atoms with Crippen LogP contribution in [-0.2, 0) is 11.2 Å². The lowest BCUT2D eigenvalue weighted by Gasteiger charge is -2.59. The van der Waals surface area contributed by atoms with Gasteiger partial charge in [0, 0.05) is 36.4 Å². The van der Waals surface area contributed by atoms with Gasteiger partial charge in [0.15, 0.2) is 5.54 Å². The van der Waals surface area contributed by atoms with Gasteiger partial charge in [-0.1, -0.05) is 11.2 Å². The Morgan fingerprint density at radius 3 is 2.47 bits per heavy atom. The van der Waals surface area contributed by atoms with E-state index in [-0.39, 0.29) is 11.8 Å². The molecule has 0 fully saturated rings. The quantitative estimate of drug-likeness (QED) is 0.201. The summed E-state index contributed by atoms with van der Waals surface area (Å²) in [5.41, 5.74) is -0.554. The van der Waals surface area contributed by atoms with Crippen LogP contribution in [0.4, 0.5) is 10.9 Å². The average molecular weight is 660 g/mol. The fraction of sp³-hybridized carbons (Fsp3) is 0.0667. The Morgan fingerprint density at radius 2 is 1.81 bits per heavy atom. The van der Waals surface area contributed by atoms with Gasteiger partial charge in [-0.3, -0.25) is 15.0 Å². The number of nitrogens with one attached hydrogen (secondary N) is 3. The van der Waals surface area contributed by atoms with Crippen molar-refractivity contribution in [2.45, 2.75) is 11.2 Å². The molecule has 2 atom stereocenters. The van der Waals surface area contributed by atoms with Crippen LogP contribution in [0.5, 0.6) is 0 Å². The predicted molar refractivity (Wildman–Crippen MR) is 171 cm³/mol. The zero-order chi connectivity index (χ0) is 31.3. The second kappa shape index (κ2) is 10.7. The van der Waals surface area contributed by atoms with Crippen molar-refractivity contribution in [1.29, 1.82) is 0 Å². The number of H-pyrrole nitrogens is 3. The van der Waals surface area contributed by atoms with E-state index in [2.05, 4.69) is 40.7 Å². The van der Waals surface area contributed by atoms with E-state index < -0.39 is 11.2 Å². The number of furan rings is 1. The number of anilines is 2. The van der Waals surface area contributed by atoms with E-state index in [1.165, 1.54) is 28.9 Å². The first-order valence-electron chi connectivity index (χ1n) is 14.2. The number of aromatic amines is 3. The van der Waals surface area contributed by atoms with E-state index >= 15 is 0 Å². The van der Waals surface area contributed by atoms with Gasteiger partial charge in [-0.05, 0) is 53.1 Å². The smallest absolute Gasteiger partial charge is 0.272 e. The summed E-state index contributed by atoms with van der Waals surface area (Å²) in [4.78, 5) is 27.0. The molecule has 0 aliphatic carbocycles. The van der Waals surface area contributed by atoms with Crippen LogP contribution in [-0.4, -0.2) is 55.7 Å². The van der Waals surface area contributed by atoms with Crippen molar-refractivity contribution < 1.29 is 8.83 Å². The van der Waals surface area contributed by atoms with Gasteiger partial charge in [-0.15, -0.1) is 27.8 Å². The highest BCUT2D eigenvalue weighted by atomic mass is 32.1. The maximum absolute atomic E-state index is 6.48. The van der Waals surface area contributed by atoms with Gasteiger partial charge in [-0.25, -0.2) is 15.0 Å². The van der Waals surface area contributed by atoms with Crippen LogP contribution in [0.25, 0.3) is 11.3 Å². The van der Waals surface area contributed by atoms with Crippen LogP contribution >= 0.6 is 22.7 Å². The second-order valence-electron chi connectivity index (χ2n) is 10.2. The van der Waals surface area contributed by atoms with Crippen molar-refractivity contribution in [3.8, 4) is 0 Å². The molecule has 0 aromatic carbocycles. The fourth-order valence-corrected chi connectivity index (χ4v) is 7.91. The van der Waals surface area contributed by atoms with E-state index in [1.807, 2.05) is 64.2 Å². The van der Waals surface area contributed by atoms with Crippen LogP contribution in [0.2, 0.25) is 0 Å². The van der Waals surface area contributed by atoms with Crippen molar-refractivity contribution in [3.63, 3.8) is 0 Å². The summed E-state index contributed by atoms with van der Waals surface area (Å²) in [6.07, 6.45) is 13.4. The average Bonchev–Trinajstić information content (AvgIpc) is 3.98. The minimum atomic E-state index is -1.57. The first-order valence-corrected chi connectivity index (χ1v) is 16.0. The Bertz CT molecular complexity index is 2160. The van der Waals surface area contributed by atoms with Crippen molar-refractivity contribution >= 4 is 44.9 Å². The molecule has 3 N–H and O–H groups in total. The number of hydrogen-bond acceptors (Lipinski definition) is 14. The Kier molecular flexibility index (Phi) is 6.18. The first-order chi connectivity index (χ1) is 23.3. The maximum Gasteiger partial charge on any atom is 0.272 e. The minimum absolute atomic E-state index is 0.197. The molecular weight excluding hydrogens is 639 g/mol. The fourth-order valence-electron chi connectivity index (χ4n) is 6.40. The highest BCUT2D eigenvalue weighted by Gasteiger charge is 2.69. The lowest BCUT2D eigenvalue weighted by atomic mass is 9.74. The summed E-state index contributed by atoms with van der Waals surface area (Å²) in [5.74, 6) is 1.52. The largest absolute Gasteiger partial charge is 0.466 e. The third-order valence-electron chi connectivity index (χ3n) is 7.96. The van der Waals surface area contributed by atoms with Crippen LogP contribution < -0.4 is 9.80 Å². The molecule has 9 rings (SSSR count). The summed E-state index contributed by atoms with van der Waals surface area (Å²) in [5, 5.41) is 28.8. The molecule has 0 saturated carbocycles. The number of hydrogen-bond donors (Lipinski definition) is 3. The van der Waals surface area contributed by atoms with Gasteiger partial charge in [-0.2, -0.15) is 10.3 Å². The van der Waals surface area contributed by atoms with E-state index in [1.54, 1.807) is 43.4 Å². The summed E-state index contributed by atoms with van der Waals surface area (Å²) >= 11 is 2.95. The number of thiophene rings is 1. The standard InChI is InChI=1S/C30H21N13O2S2/c1-2-9-31-20(5-1)30(27-35-13-16-45-27)42(28-38-40-41-39-28)24(26-34-14-18-47-26)23(25-32-11-12-33-25)29(19-8-10-36-37-19,21-6-3-15-44-21)43(30)22-7-4-17-46-22/h1-18H,(H,32,33)(H,36,37)(H,38,39,40,41). The number of aromatic nitrogens is 11. The Morgan fingerprint density at radius 1 is 0.809 bits per heavy atom. The summed E-state index contributed by atoms with van der Waals surface area (Å²) in [6, 6.07) is 15.3. The van der Waals surface area contributed by atoms with Gasteiger partial charge in [0.25, 0.3) is 5.95 Å². The maximum atomic E-state index is 6.48. The number of imidazole rings is 1. The first kappa shape index (κ1) is 27.1. The van der Waals surface area contributed by atoms with Crippen LogP contribution in [0.3, 0.4) is 0 Å². The van der Waals surface area contributed by atoms with Crippen LogP contribution in [0.1, 0.15) is 33.9 Å². The van der Waals surface area contributed by atoms with Crippen molar-refractivity contribution in [2.75, 3.05) is 9.80 Å². The lowest BCUT2D eigenvalue weighted by Crippen LogP contribution is -2.70. The number of rotatable bonds is 8. The normalized spacial score (nSPS) is 19.9. The van der Waals surface area contributed by atoms with Gasteiger partial charge >= 0.3 is 0 Å². The molecule has 17 heteroatoms. The van der Waals surface area contributed by atoms with Crippen molar-refractivity contribution in [1.82, 2.24) is 55.7 Å². The SMILES string of the molecule is c1ccc(C2(c3ncco3)N(c3nn[nH]n3)C(c3nccs3)=C(c3ncc[nH]3)C(c3ccn[nH]3)(c3ccco3)N2c2cccs2)nc1. The van der Waals surface area contributed by atoms with Gasteiger partial charge in [0.2, 0.25) is 11.6 Å². The lowest BCUT2D eigenvalue weighted by molar-refractivity contribution is 0.286. The monoisotopic (exact) mass is 659 g/mol. The molecule has 1 aliphatic heterocycles. The molecule has 1 aliphatic rings. The molecule has 0 amide bonds. The van der Waals surface area contributed by atoms with Crippen LogP contribution in [0, 0.1) is 0 Å². The molecule has 8 aromatic heterocycles. The molecule has 0 spiro atoms. The molecule has 0 bridgehead atoms. The topological polar surface area (TPSA) is 183 Å². The molecule has 8 aromatic rings. The number of tetrazole rings is 1. The molecular formula is C30H21N13O2S2. The van der Waals surface area contributed by atoms with Gasteiger partial charge in [0.1, 0.15) is 22.9 Å². The number of oxazole rings is 1. The molecule has 230 valence electrons. The number of thiazole rings is 1. The van der Waals surface area contributed by atoms with Gasteiger partial charge in [0.05, 0.1) is 40.1 Å². The van der Waals surface area contributed by atoms with Crippen LogP contribution in [0.15, 0.2) is 118 Å². The molecule has 0 radical (unpaired) electrons. The summed E-state index contributed by atoms with van der Waals surface area (Å²) < 4.78 is 12.8. The van der Waals surface area contributed by atoms with Crippen molar-refractivity contribution in [3.05, 3.63) is 143 Å². The highest BCUT2D eigenvalue weighted by Crippen LogP contribution is 2.63. The zero-order valence-electron chi connectivity index (χ0n) is 24.0. The zero-order valence-corrected chi connectivity index (χ0v) is 25.6. The molecule has 9 heterocycles. The molecule has 47 heavy (non-hydrogen) atoms. The number of nitrogens with zero attached hydrogens (tertiary/aromatic N) is 10. The van der Waals surface area contributed by atoms with E-state index in [4.69, 9.17) is 28.8 Å². The summed E-state index contributed by atoms with van der Waals surface area (Å²) in [7, 11) is 0. The van der Waals surface area contributed by atoms with Gasteiger partial charge < -0.3 is 18.7 Å². The minimum Gasteiger partial charge on any atom is -0.466 e. The molecule has 0 saturated heterocycles. The Hall–Kier alpha value is -6.20. The Balaban J connectivity index is 1.61. The van der Waals surface area contributed by atoms with E-state index in [0.717, 1.165) is 5.00 Å². The molecule has 2 unspecified atom stereocenters. The predicted octanol–water partition coefficient (Wildman–Crippen LogP) is 4.88. The number of pyridine rings is 1. The third-order valence-corrected chi connectivity index (χ3v) is 9.59. The third kappa shape index (κ3) is 3.77. The molecule has 15 nitrogen and oxygen atoms in total. The Labute approximate surface area is 272 Å². The second-order valence-corrected chi connectivity index (χ2v) is 12.0. The highest BCUT2D eigenvalue weighted by molar-refractivity contribution is 7.14.